The van der Waals surface area contributed by atoms with E-state index in [-0.39, 0.29) is 23.9 Å². The van der Waals surface area contributed by atoms with Gasteiger partial charge in [-0.1, -0.05) is 13.8 Å². The van der Waals surface area contributed by atoms with E-state index in [1.807, 2.05) is 13.8 Å². The van der Waals surface area contributed by atoms with E-state index in [1.165, 1.54) is 19.3 Å². The molecule has 0 unspecified atom stereocenters. The molecule has 1 heterocycles. The van der Waals surface area contributed by atoms with E-state index in [1.54, 1.807) is 0 Å². The molecule has 5 fully saturated rings. The second-order valence-corrected chi connectivity index (χ2v) is 8.86. The van der Waals surface area contributed by atoms with Crippen LogP contribution in [0.5, 0.6) is 0 Å². The molecule has 6 nitrogen and oxygen atoms in total. The predicted molar refractivity (Wildman–Crippen MR) is 92.6 cm³/mol. The molecular formula is C19H29N3O3. The van der Waals surface area contributed by atoms with Crippen molar-refractivity contribution in [2.24, 2.45) is 17.8 Å². The van der Waals surface area contributed by atoms with Gasteiger partial charge in [0, 0.05) is 5.54 Å². The first-order chi connectivity index (χ1) is 11.9. The molecule has 0 spiro atoms. The Hall–Kier alpha value is -1.59. The van der Waals surface area contributed by atoms with Crippen molar-refractivity contribution in [3.05, 3.63) is 0 Å². The lowest BCUT2D eigenvalue weighted by Gasteiger charge is -2.56. The second kappa shape index (κ2) is 5.71. The van der Waals surface area contributed by atoms with Crippen molar-refractivity contribution in [2.75, 3.05) is 6.54 Å². The van der Waals surface area contributed by atoms with Crippen molar-refractivity contribution >= 4 is 17.8 Å². The van der Waals surface area contributed by atoms with E-state index < -0.39 is 11.6 Å². The standard InChI is InChI=1S/C19H29N3O3/c1-3-19(4-2)16(24)22(17(25)21-19)11-15(23)20-18-8-12-5-13(9-18)7-14(6-12)10-18/h12-14H,3-11H2,1-2H3,(H,20,23)(H,21,25). The molecule has 25 heavy (non-hydrogen) atoms. The molecule has 0 aromatic rings. The van der Waals surface area contributed by atoms with Gasteiger partial charge in [0.2, 0.25) is 5.91 Å². The molecular weight excluding hydrogens is 318 g/mol. The van der Waals surface area contributed by atoms with Crippen LogP contribution in [-0.2, 0) is 9.59 Å². The molecule has 5 rings (SSSR count). The fourth-order valence-corrected chi connectivity index (χ4v) is 6.29. The summed E-state index contributed by atoms with van der Waals surface area (Å²) >= 11 is 0. The molecule has 2 N–H and O–H groups in total. The van der Waals surface area contributed by atoms with Crippen LogP contribution >= 0.6 is 0 Å². The van der Waals surface area contributed by atoms with Crippen molar-refractivity contribution in [1.29, 1.82) is 0 Å². The zero-order valence-electron chi connectivity index (χ0n) is 15.3. The summed E-state index contributed by atoms with van der Waals surface area (Å²) in [5.74, 6) is 1.79. The van der Waals surface area contributed by atoms with Crippen LogP contribution in [0.25, 0.3) is 0 Å². The fraction of sp³-hybridized carbons (Fsp3) is 0.842. The number of imide groups is 1. The maximum absolute atomic E-state index is 12.7. The minimum absolute atomic E-state index is 0.0856. The van der Waals surface area contributed by atoms with E-state index in [0.29, 0.717) is 12.8 Å². The lowest BCUT2D eigenvalue weighted by atomic mass is 9.53. The van der Waals surface area contributed by atoms with Crippen molar-refractivity contribution in [3.8, 4) is 0 Å². The molecule has 4 amide bonds. The molecule has 4 bridgehead atoms. The zero-order chi connectivity index (χ0) is 17.8. The second-order valence-electron chi connectivity index (χ2n) is 8.86. The maximum Gasteiger partial charge on any atom is 0.325 e. The molecule has 0 atom stereocenters. The predicted octanol–water partition coefficient (Wildman–Crippen LogP) is 2.18. The molecule has 6 heteroatoms. The van der Waals surface area contributed by atoms with Gasteiger partial charge < -0.3 is 10.6 Å². The highest BCUT2D eigenvalue weighted by molar-refractivity contribution is 6.09. The number of rotatable bonds is 5. The first kappa shape index (κ1) is 16.9. The third-order valence-electron chi connectivity index (χ3n) is 7.20. The number of hydrogen-bond donors (Lipinski definition) is 2. The van der Waals surface area contributed by atoms with Crippen LogP contribution < -0.4 is 10.6 Å². The molecule has 5 aliphatic rings. The summed E-state index contributed by atoms with van der Waals surface area (Å²) in [6, 6.07) is -0.436. The average molecular weight is 347 g/mol. The van der Waals surface area contributed by atoms with Crippen molar-refractivity contribution in [3.63, 3.8) is 0 Å². The Morgan fingerprint density at radius 2 is 1.60 bits per heavy atom. The summed E-state index contributed by atoms with van der Waals surface area (Å²) in [4.78, 5) is 38.7. The molecule has 138 valence electrons. The maximum atomic E-state index is 12.7. The molecule has 4 saturated carbocycles. The Morgan fingerprint density at radius 3 is 2.04 bits per heavy atom. The van der Waals surface area contributed by atoms with E-state index in [0.717, 1.165) is 41.9 Å². The number of carbonyl (C=O) groups excluding carboxylic acids is 3. The number of nitrogens with one attached hydrogen (secondary N) is 2. The first-order valence-corrected chi connectivity index (χ1v) is 9.84. The van der Waals surface area contributed by atoms with Gasteiger partial charge in [-0.05, 0) is 69.1 Å². The summed E-state index contributed by atoms with van der Waals surface area (Å²) in [7, 11) is 0. The van der Waals surface area contributed by atoms with Crippen molar-refractivity contribution < 1.29 is 14.4 Å². The van der Waals surface area contributed by atoms with E-state index in [2.05, 4.69) is 10.6 Å². The number of nitrogens with zero attached hydrogens (tertiary/aromatic N) is 1. The molecule has 1 aliphatic heterocycles. The summed E-state index contributed by atoms with van der Waals surface area (Å²) in [6.45, 7) is 3.62. The Balaban J connectivity index is 1.43. The quantitative estimate of drug-likeness (QED) is 0.748. The number of hydrogen-bond acceptors (Lipinski definition) is 3. The van der Waals surface area contributed by atoms with Gasteiger partial charge in [0.15, 0.2) is 0 Å². The fourth-order valence-electron chi connectivity index (χ4n) is 6.29. The highest BCUT2D eigenvalue weighted by Gasteiger charge is 2.53. The van der Waals surface area contributed by atoms with E-state index in [9.17, 15) is 14.4 Å². The topological polar surface area (TPSA) is 78.5 Å². The summed E-state index contributed by atoms with van der Waals surface area (Å²) in [5, 5.41) is 6.03. The number of urea groups is 1. The zero-order valence-corrected chi connectivity index (χ0v) is 15.3. The molecule has 1 saturated heterocycles. The third-order valence-corrected chi connectivity index (χ3v) is 7.20. The van der Waals surface area contributed by atoms with Crippen LogP contribution in [0.2, 0.25) is 0 Å². The first-order valence-electron chi connectivity index (χ1n) is 9.84. The van der Waals surface area contributed by atoms with Crippen molar-refractivity contribution in [2.45, 2.75) is 76.3 Å². The number of carbonyl (C=O) groups is 3. The Bertz CT molecular complexity index is 576. The largest absolute Gasteiger partial charge is 0.349 e. The van der Waals surface area contributed by atoms with Crippen LogP contribution in [0, 0.1) is 17.8 Å². The van der Waals surface area contributed by atoms with Crippen LogP contribution in [0.3, 0.4) is 0 Å². The average Bonchev–Trinajstić information content (AvgIpc) is 2.77. The normalized spacial score (nSPS) is 38.2. The lowest BCUT2D eigenvalue weighted by molar-refractivity contribution is -0.137. The monoisotopic (exact) mass is 347 g/mol. The Labute approximate surface area is 149 Å². The Morgan fingerprint density at radius 1 is 1.08 bits per heavy atom. The highest BCUT2D eigenvalue weighted by Crippen LogP contribution is 2.55. The van der Waals surface area contributed by atoms with Crippen LogP contribution in [0.1, 0.15) is 65.2 Å². The lowest BCUT2D eigenvalue weighted by Crippen LogP contribution is -2.61. The molecule has 4 aliphatic carbocycles. The van der Waals surface area contributed by atoms with Gasteiger partial charge in [0.05, 0.1) is 0 Å². The van der Waals surface area contributed by atoms with Gasteiger partial charge in [0.1, 0.15) is 12.1 Å². The van der Waals surface area contributed by atoms with Crippen molar-refractivity contribution in [1.82, 2.24) is 15.5 Å². The summed E-state index contributed by atoms with van der Waals surface area (Å²) in [5.41, 5.74) is -0.921. The van der Waals surface area contributed by atoms with E-state index in [4.69, 9.17) is 0 Å². The minimum Gasteiger partial charge on any atom is -0.349 e. The van der Waals surface area contributed by atoms with Gasteiger partial charge in [-0.2, -0.15) is 0 Å². The van der Waals surface area contributed by atoms with Gasteiger partial charge in [-0.25, -0.2) is 4.79 Å². The van der Waals surface area contributed by atoms with Gasteiger partial charge >= 0.3 is 6.03 Å². The third kappa shape index (κ3) is 2.64. The molecule has 0 radical (unpaired) electrons. The van der Waals surface area contributed by atoms with Crippen LogP contribution in [0.4, 0.5) is 4.79 Å². The smallest absolute Gasteiger partial charge is 0.325 e. The SMILES string of the molecule is CCC1(CC)NC(=O)N(CC(=O)NC23CC4CC(CC(C4)C2)C3)C1=O. The van der Waals surface area contributed by atoms with E-state index >= 15 is 0 Å². The Kier molecular flexibility index (Phi) is 3.85. The van der Waals surface area contributed by atoms with Gasteiger partial charge in [-0.15, -0.1) is 0 Å². The van der Waals surface area contributed by atoms with Gasteiger partial charge in [-0.3, -0.25) is 14.5 Å². The molecule has 0 aromatic heterocycles. The van der Waals surface area contributed by atoms with Crippen LogP contribution in [-0.4, -0.2) is 40.4 Å². The summed E-state index contributed by atoms with van der Waals surface area (Å²) < 4.78 is 0. The molecule has 0 aromatic carbocycles. The van der Waals surface area contributed by atoms with Gasteiger partial charge in [0.25, 0.3) is 5.91 Å². The highest BCUT2D eigenvalue weighted by atomic mass is 16.2. The number of amides is 4. The van der Waals surface area contributed by atoms with Crippen LogP contribution in [0.15, 0.2) is 0 Å². The minimum atomic E-state index is -0.835. The summed E-state index contributed by atoms with van der Waals surface area (Å²) in [6.07, 6.45) is 8.24.